The van der Waals surface area contributed by atoms with Crippen molar-refractivity contribution in [3.05, 3.63) is 17.5 Å². The van der Waals surface area contributed by atoms with Gasteiger partial charge in [0.05, 0.1) is 5.69 Å². The standard InChI is InChI=1S/C16H30N2S/c1-3-4-5-8-11-15-14-16(18-17-15)12-9-6-7-10-13-19-2/h14H,3-13H2,1-2H3,(H,17,18). The lowest BCUT2D eigenvalue weighted by Gasteiger charge is -1.99. The minimum atomic E-state index is 1.14. The van der Waals surface area contributed by atoms with Crippen molar-refractivity contribution in [3.8, 4) is 0 Å². The highest BCUT2D eigenvalue weighted by molar-refractivity contribution is 7.98. The summed E-state index contributed by atoms with van der Waals surface area (Å²) in [4.78, 5) is 0. The van der Waals surface area contributed by atoms with Crippen LogP contribution in [0.4, 0.5) is 0 Å². The molecule has 1 aromatic rings. The van der Waals surface area contributed by atoms with Crippen LogP contribution in [0.3, 0.4) is 0 Å². The molecule has 1 rings (SSSR count). The number of unbranched alkanes of at least 4 members (excludes halogenated alkanes) is 6. The average molecular weight is 282 g/mol. The van der Waals surface area contributed by atoms with Crippen LogP contribution in [0.1, 0.15) is 69.7 Å². The third-order valence-corrected chi connectivity index (χ3v) is 4.21. The van der Waals surface area contributed by atoms with Gasteiger partial charge in [0.25, 0.3) is 0 Å². The fourth-order valence-electron chi connectivity index (χ4n) is 2.31. The number of H-pyrrole nitrogens is 1. The van der Waals surface area contributed by atoms with Crippen molar-refractivity contribution in [2.45, 2.75) is 71.1 Å². The van der Waals surface area contributed by atoms with Crippen LogP contribution in [0.15, 0.2) is 6.07 Å². The summed E-state index contributed by atoms with van der Waals surface area (Å²) in [6.07, 6.45) is 15.2. The van der Waals surface area contributed by atoms with Crippen molar-refractivity contribution in [1.82, 2.24) is 10.2 Å². The highest BCUT2D eigenvalue weighted by Gasteiger charge is 2.01. The minimum Gasteiger partial charge on any atom is -0.282 e. The first-order chi connectivity index (χ1) is 9.36. The molecular weight excluding hydrogens is 252 g/mol. The molecule has 0 radical (unpaired) electrons. The first-order valence-corrected chi connectivity index (χ1v) is 9.28. The normalized spacial score (nSPS) is 11.1. The lowest BCUT2D eigenvalue weighted by molar-refractivity contribution is 0.658. The summed E-state index contributed by atoms with van der Waals surface area (Å²) in [6.45, 7) is 2.26. The molecule has 0 aromatic carbocycles. The molecule has 0 aliphatic carbocycles. The molecule has 3 heteroatoms. The van der Waals surface area contributed by atoms with Crippen molar-refractivity contribution in [3.63, 3.8) is 0 Å². The van der Waals surface area contributed by atoms with Gasteiger partial charge >= 0.3 is 0 Å². The molecule has 0 atom stereocenters. The molecule has 0 spiro atoms. The van der Waals surface area contributed by atoms with Crippen LogP contribution in [-0.2, 0) is 12.8 Å². The Kier molecular flexibility index (Phi) is 9.96. The largest absolute Gasteiger partial charge is 0.282 e. The fraction of sp³-hybridized carbons (Fsp3) is 0.812. The van der Waals surface area contributed by atoms with Gasteiger partial charge in [-0.25, -0.2) is 0 Å². The van der Waals surface area contributed by atoms with Crippen molar-refractivity contribution in [2.75, 3.05) is 12.0 Å². The number of nitrogens with zero attached hydrogens (tertiary/aromatic N) is 1. The third kappa shape index (κ3) is 8.35. The number of nitrogens with one attached hydrogen (secondary N) is 1. The van der Waals surface area contributed by atoms with E-state index in [1.54, 1.807) is 0 Å². The summed E-state index contributed by atoms with van der Waals surface area (Å²) in [6, 6.07) is 2.27. The predicted molar refractivity (Wildman–Crippen MR) is 87.0 cm³/mol. The van der Waals surface area contributed by atoms with Crippen molar-refractivity contribution < 1.29 is 0 Å². The molecule has 19 heavy (non-hydrogen) atoms. The molecule has 2 nitrogen and oxygen atoms in total. The van der Waals surface area contributed by atoms with E-state index in [2.05, 4.69) is 29.4 Å². The SMILES string of the molecule is CCCCCCc1cc(CCCCCCSC)[nH]n1. The molecule has 0 bridgehead atoms. The second kappa shape index (κ2) is 11.4. The molecular formula is C16H30N2S. The lowest BCUT2D eigenvalue weighted by Crippen LogP contribution is -1.87. The Morgan fingerprint density at radius 3 is 2.53 bits per heavy atom. The highest BCUT2D eigenvalue weighted by atomic mass is 32.2. The number of hydrogen-bond donors (Lipinski definition) is 1. The Balaban J connectivity index is 2.06. The van der Waals surface area contributed by atoms with Gasteiger partial charge in [-0.1, -0.05) is 39.0 Å². The van der Waals surface area contributed by atoms with E-state index in [1.807, 2.05) is 11.8 Å². The fourth-order valence-corrected chi connectivity index (χ4v) is 2.81. The van der Waals surface area contributed by atoms with Crippen LogP contribution in [0.25, 0.3) is 0 Å². The summed E-state index contributed by atoms with van der Waals surface area (Å²) in [5.41, 5.74) is 2.59. The number of rotatable bonds is 12. The Morgan fingerprint density at radius 1 is 1.00 bits per heavy atom. The van der Waals surface area contributed by atoms with E-state index in [0.29, 0.717) is 0 Å². The van der Waals surface area contributed by atoms with E-state index in [0.717, 1.165) is 6.42 Å². The molecule has 0 saturated heterocycles. The lowest BCUT2D eigenvalue weighted by atomic mass is 10.1. The highest BCUT2D eigenvalue weighted by Crippen LogP contribution is 2.11. The van der Waals surface area contributed by atoms with Gasteiger partial charge in [0.15, 0.2) is 0 Å². The zero-order valence-electron chi connectivity index (χ0n) is 12.7. The van der Waals surface area contributed by atoms with Gasteiger partial charge in [0, 0.05) is 5.69 Å². The van der Waals surface area contributed by atoms with Gasteiger partial charge in [-0.2, -0.15) is 16.9 Å². The van der Waals surface area contributed by atoms with Crippen LogP contribution in [0.2, 0.25) is 0 Å². The Labute approximate surface area is 123 Å². The first-order valence-electron chi connectivity index (χ1n) is 7.89. The van der Waals surface area contributed by atoms with E-state index in [-0.39, 0.29) is 0 Å². The Bertz CT molecular complexity index is 309. The summed E-state index contributed by atoms with van der Waals surface area (Å²) >= 11 is 1.95. The van der Waals surface area contributed by atoms with Crippen LogP contribution in [-0.4, -0.2) is 22.2 Å². The van der Waals surface area contributed by atoms with Crippen molar-refractivity contribution in [2.24, 2.45) is 0 Å². The second-order valence-corrected chi connectivity index (χ2v) is 6.34. The van der Waals surface area contributed by atoms with Gasteiger partial charge in [-0.05, 0) is 50.2 Å². The molecule has 0 fully saturated rings. The van der Waals surface area contributed by atoms with Gasteiger partial charge in [-0.15, -0.1) is 0 Å². The molecule has 1 aromatic heterocycles. The third-order valence-electron chi connectivity index (χ3n) is 3.52. The molecule has 0 unspecified atom stereocenters. The molecule has 0 saturated carbocycles. The molecule has 1 N–H and O–H groups in total. The van der Waals surface area contributed by atoms with E-state index in [9.17, 15) is 0 Å². The minimum absolute atomic E-state index is 1.14. The quantitative estimate of drug-likeness (QED) is 0.547. The number of hydrogen-bond acceptors (Lipinski definition) is 2. The number of thioether (sulfide) groups is 1. The summed E-state index contributed by atoms with van der Waals surface area (Å²) in [5, 5.41) is 7.61. The maximum atomic E-state index is 4.41. The summed E-state index contributed by atoms with van der Waals surface area (Å²) < 4.78 is 0. The van der Waals surface area contributed by atoms with Gasteiger partial charge in [0.1, 0.15) is 0 Å². The van der Waals surface area contributed by atoms with Crippen LogP contribution >= 0.6 is 11.8 Å². The Hall–Kier alpha value is -0.440. The van der Waals surface area contributed by atoms with Crippen molar-refractivity contribution in [1.29, 1.82) is 0 Å². The van der Waals surface area contributed by atoms with Crippen LogP contribution in [0.5, 0.6) is 0 Å². The molecule has 0 aliphatic heterocycles. The molecule has 0 amide bonds. The Morgan fingerprint density at radius 2 is 1.74 bits per heavy atom. The van der Waals surface area contributed by atoms with E-state index >= 15 is 0 Å². The van der Waals surface area contributed by atoms with Gasteiger partial charge in [-0.3, -0.25) is 5.10 Å². The smallest absolute Gasteiger partial charge is 0.0625 e. The molecule has 1 heterocycles. The maximum absolute atomic E-state index is 4.41. The summed E-state index contributed by atoms with van der Waals surface area (Å²) in [5.74, 6) is 1.31. The average Bonchev–Trinajstić information content (AvgIpc) is 2.87. The molecule has 110 valence electrons. The molecule has 0 aliphatic rings. The van der Waals surface area contributed by atoms with Gasteiger partial charge < -0.3 is 0 Å². The second-order valence-electron chi connectivity index (χ2n) is 5.35. The number of aromatic amines is 1. The van der Waals surface area contributed by atoms with E-state index < -0.39 is 0 Å². The number of aryl methyl sites for hydroxylation is 2. The van der Waals surface area contributed by atoms with Gasteiger partial charge in [0.2, 0.25) is 0 Å². The summed E-state index contributed by atoms with van der Waals surface area (Å²) in [7, 11) is 0. The van der Waals surface area contributed by atoms with Crippen molar-refractivity contribution >= 4 is 11.8 Å². The zero-order valence-corrected chi connectivity index (χ0v) is 13.5. The van der Waals surface area contributed by atoms with E-state index in [4.69, 9.17) is 0 Å². The zero-order chi connectivity index (χ0) is 13.8. The first kappa shape index (κ1) is 16.6. The van der Waals surface area contributed by atoms with Crippen LogP contribution < -0.4 is 0 Å². The predicted octanol–water partition coefficient (Wildman–Crippen LogP) is 5.00. The topological polar surface area (TPSA) is 28.7 Å². The van der Waals surface area contributed by atoms with E-state index in [1.165, 1.54) is 74.9 Å². The van der Waals surface area contributed by atoms with Crippen LogP contribution in [0, 0.1) is 0 Å². The number of aromatic nitrogens is 2. The monoisotopic (exact) mass is 282 g/mol. The maximum Gasteiger partial charge on any atom is 0.0625 e.